The zero-order valence-electron chi connectivity index (χ0n) is 11.3. The van der Waals surface area contributed by atoms with Crippen molar-refractivity contribution >= 4 is 15.9 Å². The number of hydrogen-bond donors (Lipinski definition) is 2. The molecule has 2 aromatic rings. The SMILES string of the molecule is COc1ccc(CCC(NN)c2cncc(Br)c2)cc1. The van der Waals surface area contributed by atoms with Gasteiger partial charge in [-0.2, -0.15) is 0 Å². The van der Waals surface area contributed by atoms with E-state index >= 15 is 0 Å². The van der Waals surface area contributed by atoms with Gasteiger partial charge < -0.3 is 4.74 Å². The van der Waals surface area contributed by atoms with Gasteiger partial charge in [-0.1, -0.05) is 12.1 Å². The number of rotatable bonds is 6. The van der Waals surface area contributed by atoms with Crippen molar-refractivity contribution in [2.45, 2.75) is 18.9 Å². The molecule has 1 aromatic heterocycles. The lowest BCUT2D eigenvalue weighted by atomic mass is 10.0. The van der Waals surface area contributed by atoms with Crippen LogP contribution in [-0.4, -0.2) is 12.1 Å². The maximum atomic E-state index is 5.65. The predicted molar refractivity (Wildman–Crippen MR) is 83.3 cm³/mol. The van der Waals surface area contributed by atoms with Crippen molar-refractivity contribution in [2.75, 3.05) is 7.11 Å². The molecular formula is C15H18BrN3O. The second kappa shape index (κ2) is 7.38. The molecule has 1 heterocycles. The van der Waals surface area contributed by atoms with Crippen LogP contribution in [0.4, 0.5) is 0 Å². The van der Waals surface area contributed by atoms with Crippen LogP contribution < -0.4 is 16.0 Å². The van der Waals surface area contributed by atoms with Gasteiger partial charge in [0.1, 0.15) is 5.75 Å². The van der Waals surface area contributed by atoms with E-state index in [2.05, 4.69) is 38.5 Å². The number of hydrazine groups is 1. The third-order valence-electron chi connectivity index (χ3n) is 3.21. The smallest absolute Gasteiger partial charge is 0.118 e. The lowest BCUT2D eigenvalue weighted by molar-refractivity contribution is 0.414. The number of hydrogen-bond acceptors (Lipinski definition) is 4. The molecule has 0 fully saturated rings. The number of pyridine rings is 1. The Morgan fingerprint density at radius 1 is 1.30 bits per heavy atom. The molecule has 0 radical (unpaired) electrons. The first kappa shape index (κ1) is 15.0. The fraction of sp³-hybridized carbons (Fsp3) is 0.267. The van der Waals surface area contributed by atoms with E-state index in [1.54, 1.807) is 13.3 Å². The molecule has 20 heavy (non-hydrogen) atoms. The molecule has 3 N–H and O–H groups in total. The first-order valence-corrected chi connectivity index (χ1v) is 7.21. The summed E-state index contributed by atoms with van der Waals surface area (Å²) in [6.45, 7) is 0. The largest absolute Gasteiger partial charge is 0.497 e. The van der Waals surface area contributed by atoms with Gasteiger partial charge in [0.2, 0.25) is 0 Å². The Morgan fingerprint density at radius 3 is 2.65 bits per heavy atom. The Kier molecular flexibility index (Phi) is 5.52. The molecular weight excluding hydrogens is 318 g/mol. The number of aryl methyl sites for hydroxylation is 1. The van der Waals surface area contributed by atoms with Crippen LogP contribution in [0, 0.1) is 0 Å². The van der Waals surface area contributed by atoms with Crippen LogP contribution in [0.5, 0.6) is 5.75 Å². The normalized spacial score (nSPS) is 12.2. The van der Waals surface area contributed by atoms with E-state index in [1.165, 1.54) is 5.56 Å². The molecule has 0 aliphatic carbocycles. The maximum absolute atomic E-state index is 5.65. The summed E-state index contributed by atoms with van der Waals surface area (Å²) in [4.78, 5) is 4.17. The lowest BCUT2D eigenvalue weighted by Gasteiger charge is -2.16. The molecule has 0 spiro atoms. The van der Waals surface area contributed by atoms with E-state index in [9.17, 15) is 0 Å². The Hall–Kier alpha value is -1.43. The summed E-state index contributed by atoms with van der Waals surface area (Å²) in [5, 5.41) is 0. The van der Waals surface area contributed by atoms with Crippen LogP contribution in [-0.2, 0) is 6.42 Å². The molecule has 0 bridgehead atoms. The van der Waals surface area contributed by atoms with Gasteiger partial charge in [0.15, 0.2) is 0 Å². The van der Waals surface area contributed by atoms with Gasteiger partial charge in [-0.05, 0) is 58.1 Å². The number of aromatic nitrogens is 1. The molecule has 0 saturated heterocycles. The molecule has 106 valence electrons. The van der Waals surface area contributed by atoms with Crippen molar-refractivity contribution in [2.24, 2.45) is 5.84 Å². The van der Waals surface area contributed by atoms with E-state index in [0.29, 0.717) is 0 Å². The van der Waals surface area contributed by atoms with Crippen molar-refractivity contribution in [1.29, 1.82) is 0 Å². The molecule has 1 atom stereocenters. The molecule has 0 saturated carbocycles. The highest BCUT2D eigenvalue weighted by Gasteiger charge is 2.10. The molecule has 1 aromatic carbocycles. The quantitative estimate of drug-likeness (QED) is 0.629. The minimum absolute atomic E-state index is 0.0853. The predicted octanol–water partition coefficient (Wildman–Crippen LogP) is 2.99. The average Bonchev–Trinajstić information content (AvgIpc) is 2.48. The van der Waals surface area contributed by atoms with Gasteiger partial charge in [0, 0.05) is 22.9 Å². The highest BCUT2D eigenvalue weighted by Crippen LogP contribution is 2.21. The van der Waals surface area contributed by atoms with Crippen molar-refractivity contribution in [3.05, 3.63) is 58.3 Å². The van der Waals surface area contributed by atoms with Gasteiger partial charge in [-0.25, -0.2) is 0 Å². The van der Waals surface area contributed by atoms with Crippen LogP contribution >= 0.6 is 15.9 Å². The number of benzene rings is 1. The Labute approximate surface area is 127 Å². The lowest BCUT2D eigenvalue weighted by Crippen LogP contribution is -2.28. The summed E-state index contributed by atoms with van der Waals surface area (Å²) in [7, 11) is 1.67. The van der Waals surface area contributed by atoms with Crippen LogP contribution in [0.15, 0.2) is 47.2 Å². The molecule has 0 aliphatic heterocycles. The monoisotopic (exact) mass is 335 g/mol. The average molecular weight is 336 g/mol. The summed E-state index contributed by atoms with van der Waals surface area (Å²) >= 11 is 3.43. The van der Waals surface area contributed by atoms with Gasteiger partial charge in [-0.15, -0.1) is 0 Å². The van der Waals surface area contributed by atoms with E-state index in [1.807, 2.05) is 24.4 Å². The fourth-order valence-electron chi connectivity index (χ4n) is 2.07. The summed E-state index contributed by atoms with van der Waals surface area (Å²) in [6.07, 6.45) is 5.44. The fourth-order valence-corrected chi connectivity index (χ4v) is 2.45. The summed E-state index contributed by atoms with van der Waals surface area (Å²) in [5.41, 5.74) is 5.19. The van der Waals surface area contributed by atoms with Crippen LogP contribution in [0.2, 0.25) is 0 Å². The number of halogens is 1. The Morgan fingerprint density at radius 2 is 2.05 bits per heavy atom. The second-order valence-corrected chi connectivity index (χ2v) is 5.46. The highest BCUT2D eigenvalue weighted by atomic mass is 79.9. The molecule has 5 heteroatoms. The first-order valence-electron chi connectivity index (χ1n) is 6.42. The number of nitrogens with two attached hydrogens (primary N) is 1. The van der Waals surface area contributed by atoms with Gasteiger partial charge in [0.05, 0.1) is 7.11 Å². The molecule has 4 nitrogen and oxygen atoms in total. The van der Waals surface area contributed by atoms with Crippen LogP contribution in [0.1, 0.15) is 23.6 Å². The minimum Gasteiger partial charge on any atom is -0.497 e. The maximum Gasteiger partial charge on any atom is 0.118 e. The van der Waals surface area contributed by atoms with Gasteiger partial charge in [0.25, 0.3) is 0 Å². The Balaban J connectivity index is 1.99. The zero-order valence-corrected chi connectivity index (χ0v) is 12.9. The minimum atomic E-state index is 0.0853. The number of nitrogens with one attached hydrogen (secondary N) is 1. The highest BCUT2D eigenvalue weighted by molar-refractivity contribution is 9.10. The summed E-state index contributed by atoms with van der Waals surface area (Å²) in [6, 6.07) is 10.2. The van der Waals surface area contributed by atoms with Crippen LogP contribution in [0.3, 0.4) is 0 Å². The van der Waals surface area contributed by atoms with Crippen molar-refractivity contribution in [3.8, 4) is 5.75 Å². The molecule has 0 aliphatic rings. The second-order valence-electron chi connectivity index (χ2n) is 4.54. The van der Waals surface area contributed by atoms with E-state index in [-0.39, 0.29) is 6.04 Å². The van der Waals surface area contributed by atoms with Crippen molar-refractivity contribution in [3.63, 3.8) is 0 Å². The molecule has 0 amide bonds. The third-order valence-corrected chi connectivity index (χ3v) is 3.64. The Bertz CT molecular complexity index is 545. The van der Waals surface area contributed by atoms with Gasteiger partial charge in [-0.3, -0.25) is 16.3 Å². The van der Waals surface area contributed by atoms with Crippen LogP contribution in [0.25, 0.3) is 0 Å². The van der Waals surface area contributed by atoms with E-state index < -0.39 is 0 Å². The van der Waals surface area contributed by atoms with E-state index in [4.69, 9.17) is 10.6 Å². The standard InChI is InChI=1S/C15H18BrN3O/c1-20-14-5-2-11(3-6-14)4-7-15(19-17)12-8-13(16)10-18-9-12/h2-3,5-6,8-10,15,19H,4,7,17H2,1H3. The number of methoxy groups -OCH3 is 1. The summed E-state index contributed by atoms with van der Waals surface area (Å²) < 4.78 is 6.11. The summed E-state index contributed by atoms with van der Waals surface area (Å²) in [5.74, 6) is 6.53. The molecule has 2 rings (SSSR count). The van der Waals surface area contributed by atoms with Crippen molar-refractivity contribution < 1.29 is 4.74 Å². The molecule has 1 unspecified atom stereocenters. The number of nitrogens with zero attached hydrogens (tertiary/aromatic N) is 1. The van der Waals surface area contributed by atoms with E-state index in [0.717, 1.165) is 28.6 Å². The van der Waals surface area contributed by atoms with Crippen molar-refractivity contribution in [1.82, 2.24) is 10.4 Å². The third kappa shape index (κ3) is 4.03. The van der Waals surface area contributed by atoms with Gasteiger partial charge >= 0.3 is 0 Å². The first-order chi connectivity index (χ1) is 9.72. The number of ether oxygens (including phenoxy) is 1. The topological polar surface area (TPSA) is 60.2 Å². The zero-order chi connectivity index (χ0) is 14.4.